The minimum atomic E-state index is -0.317. The summed E-state index contributed by atoms with van der Waals surface area (Å²) < 4.78 is 18.3. The van der Waals surface area contributed by atoms with Crippen LogP contribution in [0, 0.1) is 5.82 Å². The van der Waals surface area contributed by atoms with Gasteiger partial charge in [0, 0.05) is 5.56 Å². The van der Waals surface area contributed by atoms with E-state index < -0.39 is 0 Å². The number of carbonyl (C=O) groups is 1. The molecule has 0 unspecified atom stereocenters. The Morgan fingerprint density at radius 1 is 1.12 bits per heavy atom. The quantitative estimate of drug-likeness (QED) is 0.692. The fourth-order valence-electron chi connectivity index (χ4n) is 2.17. The average molecular weight is 340 g/mol. The number of rotatable bonds is 7. The number of amides is 1. The highest BCUT2D eigenvalue weighted by Crippen LogP contribution is 2.14. The number of H-pyrrole nitrogens is 1. The van der Waals surface area contributed by atoms with Crippen LogP contribution < -0.4 is 5.32 Å². The summed E-state index contributed by atoms with van der Waals surface area (Å²) in [5.74, 6) is 0.401. The smallest absolute Gasteiger partial charge is 0.246 e. The van der Waals surface area contributed by atoms with Crippen LogP contribution >= 0.6 is 0 Å². The van der Waals surface area contributed by atoms with Crippen LogP contribution in [-0.2, 0) is 22.7 Å². The highest BCUT2D eigenvalue weighted by molar-refractivity contribution is 5.77. The van der Waals surface area contributed by atoms with Gasteiger partial charge in [-0.2, -0.15) is 5.10 Å². The molecule has 6 nitrogen and oxygen atoms in total. The minimum Gasteiger partial charge on any atom is -0.367 e. The topological polar surface area (TPSA) is 79.9 Å². The summed E-state index contributed by atoms with van der Waals surface area (Å²) in [7, 11) is 0. The number of benzene rings is 2. The molecule has 3 aromatic rings. The van der Waals surface area contributed by atoms with Crippen molar-refractivity contribution >= 4 is 5.91 Å². The molecule has 0 radical (unpaired) electrons. The van der Waals surface area contributed by atoms with Crippen molar-refractivity contribution in [2.75, 3.05) is 6.61 Å². The SMILES string of the molecule is O=C(COCc1ccccc1)NCc1nc(-c2ccc(F)cc2)n[nH]1. The molecule has 128 valence electrons. The van der Waals surface area contributed by atoms with Crippen LogP contribution in [-0.4, -0.2) is 27.7 Å². The number of aromatic amines is 1. The molecule has 2 aromatic carbocycles. The third-order valence-corrected chi connectivity index (χ3v) is 3.43. The van der Waals surface area contributed by atoms with E-state index in [1.807, 2.05) is 30.3 Å². The monoisotopic (exact) mass is 340 g/mol. The summed E-state index contributed by atoms with van der Waals surface area (Å²) in [6.45, 7) is 0.556. The zero-order chi connectivity index (χ0) is 17.5. The lowest BCUT2D eigenvalue weighted by Gasteiger charge is -2.05. The number of carbonyl (C=O) groups excluding carboxylic acids is 1. The van der Waals surface area contributed by atoms with Gasteiger partial charge in [0.15, 0.2) is 5.82 Å². The molecule has 1 aromatic heterocycles. The van der Waals surface area contributed by atoms with Gasteiger partial charge in [-0.15, -0.1) is 0 Å². The maximum atomic E-state index is 12.9. The summed E-state index contributed by atoms with van der Waals surface area (Å²) in [4.78, 5) is 16.0. The first-order valence-corrected chi connectivity index (χ1v) is 7.76. The average Bonchev–Trinajstić information content (AvgIpc) is 3.10. The number of halogens is 1. The molecular weight excluding hydrogens is 323 g/mol. The first-order chi connectivity index (χ1) is 12.2. The molecule has 2 N–H and O–H groups in total. The van der Waals surface area contributed by atoms with Crippen LogP contribution in [0.4, 0.5) is 4.39 Å². The number of hydrogen-bond acceptors (Lipinski definition) is 4. The fourth-order valence-corrected chi connectivity index (χ4v) is 2.17. The zero-order valence-corrected chi connectivity index (χ0v) is 13.4. The van der Waals surface area contributed by atoms with E-state index in [0.29, 0.717) is 23.8 Å². The Bertz CT molecular complexity index is 819. The van der Waals surface area contributed by atoms with E-state index in [0.717, 1.165) is 5.56 Å². The van der Waals surface area contributed by atoms with Gasteiger partial charge < -0.3 is 10.1 Å². The van der Waals surface area contributed by atoms with E-state index in [9.17, 15) is 9.18 Å². The number of nitrogens with zero attached hydrogens (tertiary/aromatic N) is 2. The second-order valence-corrected chi connectivity index (χ2v) is 5.37. The molecule has 25 heavy (non-hydrogen) atoms. The highest BCUT2D eigenvalue weighted by Gasteiger charge is 2.08. The predicted molar refractivity (Wildman–Crippen MR) is 89.7 cm³/mol. The molecule has 3 rings (SSSR count). The van der Waals surface area contributed by atoms with Crippen molar-refractivity contribution in [1.82, 2.24) is 20.5 Å². The van der Waals surface area contributed by atoms with E-state index in [-0.39, 0.29) is 24.9 Å². The predicted octanol–water partition coefficient (Wildman–Crippen LogP) is 2.44. The van der Waals surface area contributed by atoms with E-state index in [1.54, 1.807) is 12.1 Å². The van der Waals surface area contributed by atoms with Gasteiger partial charge in [0.1, 0.15) is 18.2 Å². The van der Waals surface area contributed by atoms with Crippen molar-refractivity contribution in [3.63, 3.8) is 0 Å². The first kappa shape index (κ1) is 16.8. The Hall–Kier alpha value is -3.06. The molecule has 0 atom stereocenters. The van der Waals surface area contributed by atoms with Gasteiger partial charge in [0.25, 0.3) is 0 Å². The normalized spacial score (nSPS) is 10.6. The molecule has 1 amide bonds. The largest absolute Gasteiger partial charge is 0.367 e. The van der Waals surface area contributed by atoms with Crippen LogP contribution in [0.15, 0.2) is 54.6 Å². The summed E-state index contributed by atoms with van der Waals surface area (Å²) in [6, 6.07) is 15.5. The van der Waals surface area contributed by atoms with Gasteiger partial charge in [-0.1, -0.05) is 30.3 Å². The first-order valence-electron chi connectivity index (χ1n) is 7.76. The Kier molecular flexibility index (Phi) is 5.48. The molecule has 0 bridgehead atoms. The van der Waals surface area contributed by atoms with Crippen molar-refractivity contribution in [3.8, 4) is 11.4 Å². The molecule has 0 fully saturated rings. The maximum Gasteiger partial charge on any atom is 0.246 e. The summed E-state index contributed by atoms with van der Waals surface area (Å²) >= 11 is 0. The van der Waals surface area contributed by atoms with Crippen molar-refractivity contribution in [3.05, 3.63) is 71.8 Å². The molecule has 0 spiro atoms. The van der Waals surface area contributed by atoms with Crippen molar-refractivity contribution in [2.45, 2.75) is 13.2 Å². The van der Waals surface area contributed by atoms with Gasteiger partial charge in [-0.25, -0.2) is 9.37 Å². The van der Waals surface area contributed by atoms with Gasteiger partial charge in [-0.05, 0) is 29.8 Å². The molecule has 1 heterocycles. The molecule has 7 heteroatoms. The summed E-state index contributed by atoms with van der Waals surface area (Å²) in [6.07, 6.45) is 0. The van der Waals surface area contributed by atoms with Crippen LogP contribution in [0.5, 0.6) is 0 Å². The Morgan fingerprint density at radius 2 is 1.88 bits per heavy atom. The number of aromatic nitrogens is 3. The Balaban J connectivity index is 1.44. The van der Waals surface area contributed by atoms with E-state index in [2.05, 4.69) is 20.5 Å². The summed E-state index contributed by atoms with van der Waals surface area (Å²) in [5, 5.41) is 9.50. The molecule has 0 saturated carbocycles. The third-order valence-electron chi connectivity index (χ3n) is 3.43. The Labute approximate surface area is 144 Å². The fraction of sp³-hybridized carbons (Fsp3) is 0.167. The van der Waals surface area contributed by atoms with Crippen LogP contribution in [0.2, 0.25) is 0 Å². The van der Waals surface area contributed by atoms with Gasteiger partial charge in [0.05, 0.1) is 13.2 Å². The molecule has 0 aliphatic carbocycles. The molecular formula is C18H17FN4O2. The number of nitrogens with one attached hydrogen (secondary N) is 2. The molecule has 0 aliphatic heterocycles. The van der Waals surface area contributed by atoms with E-state index in [4.69, 9.17) is 4.74 Å². The second-order valence-electron chi connectivity index (χ2n) is 5.37. The third kappa shape index (κ3) is 4.95. The van der Waals surface area contributed by atoms with Crippen LogP contribution in [0.1, 0.15) is 11.4 Å². The molecule has 0 aliphatic rings. The van der Waals surface area contributed by atoms with Crippen LogP contribution in [0.25, 0.3) is 11.4 Å². The highest BCUT2D eigenvalue weighted by atomic mass is 19.1. The lowest BCUT2D eigenvalue weighted by atomic mass is 10.2. The van der Waals surface area contributed by atoms with Gasteiger partial charge in [0.2, 0.25) is 5.91 Å². The Morgan fingerprint density at radius 3 is 2.64 bits per heavy atom. The van der Waals surface area contributed by atoms with E-state index >= 15 is 0 Å². The van der Waals surface area contributed by atoms with Gasteiger partial charge >= 0.3 is 0 Å². The second kappa shape index (κ2) is 8.16. The van der Waals surface area contributed by atoms with Crippen molar-refractivity contribution < 1.29 is 13.9 Å². The molecule has 0 saturated heterocycles. The standard InChI is InChI=1S/C18H17FN4O2/c19-15-8-6-14(7-9-15)18-21-16(22-23-18)10-20-17(24)12-25-11-13-4-2-1-3-5-13/h1-9H,10-12H2,(H,20,24)(H,21,22,23). The minimum absolute atomic E-state index is 0.0339. The summed E-state index contributed by atoms with van der Waals surface area (Å²) in [5.41, 5.74) is 1.70. The van der Waals surface area contributed by atoms with E-state index in [1.165, 1.54) is 12.1 Å². The van der Waals surface area contributed by atoms with Crippen molar-refractivity contribution in [1.29, 1.82) is 0 Å². The van der Waals surface area contributed by atoms with Crippen LogP contribution in [0.3, 0.4) is 0 Å². The van der Waals surface area contributed by atoms with Crippen molar-refractivity contribution in [2.24, 2.45) is 0 Å². The maximum absolute atomic E-state index is 12.9. The number of hydrogen-bond donors (Lipinski definition) is 2. The zero-order valence-electron chi connectivity index (χ0n) is 13.4. The number of ether oxygens (including phenoxy) is 1. The lowest BCUT2D eigenvalue weighted by molar-refractivity contribution is -0.126. The lowest BCUT2D eigenvalue weighted by Crippen LogP contribution is -2.27. The van der Waals surface area contributed by atoms with Gasteiger partial charge in [-0.3, -0.25) is 9.89 Å².